The Morgan fingerprint density at radius 3 is 2.45 bits per heavy atom. The number of nitrogens with one attached hydrogen (secondary N) is 1. The molecule has 1 aliphatic heterocycles. The van der Waals surface area contributed by atoms with Crippen molar-refractivity contribution in [3.8, 4) is 5.69 Å². The van der Waals surface area contributed by atoms with E-state index >= 15 is 0 Å². The van der Waals surface area contributed by atoms with Crippen LogP contribution < -0.4 is 5.32 Å². The number of anilines is 1. The fourth-order valence-electron chi connectivity index (χ4n) is 4.34. The average molecular weight is 408 g/mol. The second-order valence-corrected chi connectivity index (χ2v) is 8.10. The maximum Gasteiger partial charge on any atom is 0.322 e. The lowest BCUT2D eigenvalue weighted by atomic mass is 10.0. The van der Waals surface area contributed by atoms with E-state index < -0.39 is 0 Å². The van der Waals surface area contributed by atoms with Gasteiger partial charge < -0.3 is 14.8 Å². The van der Waals surface area contributed by atoms with E-state index in [4.69, 9.17) is 0 Å². The molecule has 1 atom stereocenters. The van der Waals surface area contributed by atoms with E-state index in [0.29, 0.717) is 6.54 Å². The molecular weight excluding hydrogens is 382 g/mol. The van der Waals surface area contributed by atoms with E-state index in [1.165, 1.54) is 5.56 Å². The predicted octanol–water partition coefficient (Wildman–Crippen LogP) is 6.23. The summed E-state index contributed by atoms with van der Waals surface area (Å²) in [6.07, 6.45) is 2.08. The molecule has 3 aromatic carbocycles. The van der Waals surface area contributed by atoms with Crippen molar-refractivity contribution in [2.45, 2.75) is 26.4 Å². The van der Waals surface area contributed by atoms with E-state index in [1.54, 1.807) is 0 Å². The molecule has 0 spiro atoms. The van der Waals surface area contributed by atoms with Crippen LogP contribution in [0.1, 0.15) is 34.0 Å². The first-order valence-corrected chi connectivity index (χ1v) is 10.6. The molecular formula is C27H25N3O. The molecule has 0 saturated carbocycles. The number of carbonyl (C=O) groups is 1. The lowest BCUT2D eigenvalue weighted by Crippen LogP contribution is -2.37. The summed E-state index contributed by atoms with van der Waals surface area (Å²) in [5, 5.41) is 3.14. The lowest BCUT2D eigenvalue weighted by molar-refractivity contribution is 0.194. The van der Waals surface area contributed by atoms with Gasteiger partial charge in [0.25, 0.3) is 0 Å². The van der Waals surface area contributed by atoms with Crippen molar-refractivity contribution in [1.29, 1.82) is 0 Å². The monoisotopic (exact) mass is 407 g/mol. The number of fused-ring (bicyclic) bond motifs is 3. The van der Waals surface area contributed by atoms with Gasteiger partial charge in [0.2, 0.25) is 0 Å². The molecule has 0 bridgehead atoms. The summed E-state index contributed by atoms with van der Waals surface area (Å²) in [4.78, 5) is 15.6. The third kappa shape index (κ3) is 3.50. The number of hydrogen-bond acceptors (Lipinski definition) is 1. The molecule has 154 valence electrons. The zero-order valence-electron chi connectivity index (χ0n) is 17.7. The first kappa shape index (κ1) is 19.2. The topological polar surface area (TPSA) is 37.3 Å². The van der Waals surface area contributed by atoms with E-state index in [2.05, 4.69) is 60.3 Å². The highest BCUT2D eigenvalue weighted by Crippen LogP contribution is 2.36. The van der Waals surface area contributed by atoms with Crippen LogP contribution in [0.2, 0.25) is 0 Å². The molecule has 1 N–H and O–H groups in total. The van der Waals surface area contributed by atoms with Crippen molar-refractivity contribution in [2.24, 2.45) is 0 Å². The molecule has 0 fully saturated rings. The highest BCUT2D eigenvalue weighted by atomic mass is 16.2. The Bertz CT molecular complexity index is 1240. The molecule has 31 heavy (non-hydrogen) atoms. The molecule has 0 saturated heterocycles. The van der Waals surface area contributed by atoms with Gasteiger partial charge in [0.15, 0.2) is 0 Å². The summed E-state index contributed by atoms with van der Waals surface area (Å²) >= 11 is 0. The normalized spacial score (nSPS) is 15.0. The van der Waals surface area contributed by atoms with Crippen LogP contribution in [0.3, 0.4) is 0 Å². The number of nitrogens with zero attached hydrogens (tertiary/aromatic N) is 2. The SMILES string of the molecule is Cc1ccc(NC(=O)N2Cc3ccccc3-n3cccc3[C@@H]2c2ccccc2)cc1C. The van der Waals surface area contributed by atoms with Crippen LogP contribution in [-0.4, -0.2) is 15.5 Å². The Kier molecular flexibility index (Phi) is 4.83. The van der Waals surface area contributed by atoms with Gasteiger partial charge in [-0.25, -0.2) is 4.79 Å². The third-order valence-corrected chi connectivity index (χ3v) is 6.10. The van der Waals surface area contributed by atoms with Gasteiger partial charge in [-0.05, 0) is 66.4 Å². The Labute approximate surface area is 182 Å². The number of aromatic nitrogens is 1. The molecule has 2 amide bonds. The van der Waals surface area contributed by atoms with Crippen molar-refractivity contribution in [1.82, 2.24) is 9.47 Å². The van der Waals surface area contributed by atoms with E-state index in [-0.39, 0.29) is 12.1 Å². The summed E-state index contributed by atoms with van der Waals surface area (Å²) in [7, 11) is 0. The first-order chi connectivity index (χ1) is 15.1. The molecule has 0 unspecified atom stereocenters. The number of urea groups is 1. The quantitative estimate of drug-likeness (QED) is 0.420. The Balaban J connectivity index is 1.61. The molecule has 5 rings (SSSR count). The van der Waals surface area contributed by atoms with Crippen LogP contribution in [0.15, 0.2) is 91.1 Å². The van der Waals surface area contributed by atoms with Crippen LogP contribution >= 0.6 is 0 Å². The van der Waals surface area contributed by atoms with Crippen molar-refractivity contribution < 1.29 is 4.79 Å². The van der Waals surface area contributed by atoms with Gasteiger partial charge in [0, 0.05) is 17.6 Å². The average Bonchev–Trinajstić information content (AvgIpc) is 3.21. The standard InChI is InChI=1S/C27H25N3O/c1-19-14-15-23(17-20(19)2)28-27(31)30-18-22-11-6-7-12-24(22)29-16-8-13-25(29)26(30)21-9-4-3-5-10-21/h3-17,26H,18H2,1-2H3,(H,28,31)/t26-/m0/s1. The summed E-state index contributed by atoms with van der Waals surface area (Å²) in [5.41, 5.74) is 7.58. The van der Waals surface area contributed by atoms with Gasteiger partial charge in [0.05, 0.1) is 18.3 Å². The van der Waals surface area contributed by atoms with Crippen molar-refractivity contribution in [2.75, 3.05) is 5.32 Å². The van der Waals surface area contributed by atoms with Crippen LogP contribution in [0.4, 0.5) is 10.5 Å². The molecule has 0 aliphatic carbocycles. The number of benzene rings is 3. The van der Waals surface area contributed by atoms with E-state index in [1.807, 2.05) is 59.5 Å². The molecule has 1 aliphatic rings. The highest BCUT2D eigenvalue weighted by Gasteiger charge is 2.32. The molecule has 4 aromatic rings. The minimum Gasteiger partial charge on any atom is -0.318 e. The van der Waals surface area contributed by atoms with Crippen LogP contribution in [0, 0.1) is 13.8 Å². The minimum absolute atomic E-state index is 0.110. The number of para-hydroxylation sites is 1. The minimum atomic E-state index is -0.199. The molecule has 4 nitrogen and oxygen atoms in total. The summed E-state index contributed by atoms with van der Waals surface area (Å²) in [6.45, 7) is 4.66. The van der Waals surface area contributed by atoms with Crippen molar-refractivity contribution >= 4 is 11.7 Å². The fraction of sp³-hybridized carbons (Fsp3) is 0.148. The zero-order valence-corrected chi connectivity index (χ0v) is 17.7. The molecule has 0 radical (unpaired) electrons. The number of amides is 2. The van der Waals surface area contributed by atoms with Gasteiger partial charge in [-0.2, -0.15) is 0 Å². The molecule has 4 heteroatoms. The Morgan fingerprint density at radius 2 is 1.65 bits per heavy atom. The van der Waals surface area contributed by atoms with Crippen molar-refractivity contribution in [3.63, 3.8) is 0 Å². The molecule has 1 aromatic heterocycles. The number of hydrogen-bond donors (Lipinski definition) is 1. The van der Waals surface area contributed by atoms with Gasteiger partial charge in [-0.1, -0.05) is 54.6 Å². The smallest absolute Gasteiger partial charge is 0.318 e. The van der Waals surface area contributed by atoms with Crippen molar-refractivity contribution in [3.05, 3.63) is 119 Å². The second kappa shape index (κ2) is 7.80. The maximum absolute atomic E-state index is 13.6. The fourth-order valence-corrected chi connectivity index (χ4v) is 4.34. The van der Waals surface area contributed by atoms with Gasteiger partial charge in [-0.15, -0.1) is 0 Å². The van der Waals surface area contributed by atoms with Crippen LogP contribution in [0.5, 0.6) is 0 Å². The predicted molar refractivity (Wildman–Crippen MR) is 125 cm³/mol. The zero-order chi connectivity index (χ0) is 21.4. The van der Waals surface area contributed by atoms with Gasteiger partial charge in [0.1, 0.15) is 0 Å². The Hall–Kier alpha value is -3.79. The van der Waals surface area contributed by atoms with E-state index in [9.17, 15) is 4.79 Å². The van der Waals surface area contributed by atoms with E-state index in [0.717, 1.165) is 33.8 Å². The maximum atomic E-state index is 13.6. The Morgan fingerprint density at radius 1 is 0.871 bits per heavy atom. The number of carbonyl (C=O) groups excluding carboxylic acids is 1. The second-order valence-electron chi connectivity index (χ2n) is 8.10. The van der Waals surface area contributed by atoms with Gasteiger partial charge >= 0.3 is 6.03 Å². The lowest BCUT2D eigenvalue weighted by Gasteiger charge is -2.31. The summed E-state index contributed by atoms with van der Waals surface area (Å²) in [6, 6.07) is 28.4. The summed E-state index contributed by atoms with van der Waals surface area (Å²) < 4.78 is 2.20. The largest absolute Gasteiger partial charge is 0.322 e. The van der Waals surface area contributed by atoms with Crippen LogP contribution in [-0.2, 0) is 6.54 Å². The third-order valence-electron chi connectivity index (χ3n) is 6.10. The molecule has 2 heterocycles. The number of aryl methyl sites for hydroxylation is 2. The summed E-state index contributed by atoms with van der Waals surface area (Å²) in [5.74, 6) is 0. The van der Waals surface area contributed by atoms with Gasteiger partial charge in [-0.3, -0.25) is 0 Å². The highest BCUT2D eigenvalue weighted by molar-refractivity contribution is 5.90. The number of rotatable bonds is 2. The first-order valence-electron chi connectivity index (χ1n) is 10.6. The van der Waals surface area contributed by atoms with Crippen LogP contribution in [0.25, 0.3) is 5.69 Å².